The summed E-state index contributed by atoms with van der Waals surface area (Å²) in [5.74, 6) is 0.695. The van der Waals surface area contributed by atoms with Crippen molar-refractivity contribution in [3.05, 3.63) is 44.8 Å². The van der Waals surface area contributed by atoms with Crippen molar-refractivity contribution in [3.63, 3.8) is 0 Å². The summed E-state index contributed by atoms with van der Waals surface area (Å²) in [7, 11) is 0. The summed E-state index contributed by atoms with van der Waals surface area (Å²) >= 11 is 4.90. The van der Waals surface area contributed by atoms with Crippen LogP contribution < -0.4 is 4.74 Å². The average Bonchev–Trinajstić information content (AvgIpc) is 2.80. The maximum Gasteiger partial charge on any atom is 0.140 e. The molecule has 0 fully saturated rings. The van der Waals surface area contributed by atoms with Gasteiger partial charge in [0.2, 0.25) is 0 Å². The van der Waals surface area contributed by atoms with Crippen LogP contribution in [0.2, 0.25) is 0 Å². The maximum atomic E-state index is 9.19. The summed E-state index contributed by atoms with van der Waals surface area (Å²) in [5, 5.41) is 12.0. The number of aliphatic hydroxyl groups excluding tert-OH is 1. The first-order valence-electron chi connectivity index (χ1n) is 4.70. The zero-order valence-corrected chi connectivity index (χ0v) is 10.8. The Balaban J connectivity index is 2.09. The molecule has 0 saturated heterocycles. The lowest BCUT2D eigenvalue weighted by molar-refractivity contribution is 0.258. The van der Waals surface area contributed by atoms with E-state index in [9.17, 15) is 5.11 Å². The second-order valence-corrected chi connectivity index (χ2v) is 5.02. The number of hydrogen-bond acceptors (Lipinski definition) is 4. The van der Waals surface area contributed by atoms with Gasteiger partial charge in [0.25, 0.3) is 0 Å². The monoisotopic (exact) mass is 299 g/mol. The Kier molecular flexibility index (Phi) is 3.93. The highest BCUT2D eigenvalue weighted by Gasteiger charge is 2.04. The van der Waals surface area contributed by atoms with Crippen molar-refractivity contribution in [3.8, 4) is 5.75 Å². The molecule has 0 bridgehead atoms. The molecule has 1 aromatic carbocycles. The van der Waals surface area contributed by atoms with Gasteiger partial charge < -0.3 is 9.84 Å². The Morgan fingerprint density at radius 1 is 1.44 bits per heavy atom. The van der Waals surface area contributed by atoms with E-state index in [0.717, 1.165) is 15.0 Å². The summed E-state index contributed by atoms with van der Waals surface area (Å²) < 4.78 is 6.52. The van der Waals surface area contributed by atoms with Crippen molar-refractivity contribution in [1.82, 2.24) is 4.98 Å². The first kappa shape index (κ1) is 11.6. The molecule has 0 atom stereocenters. The molecule has 84 valence electrons. The molecule has 0 radical (unpaired) electrons. The number of benzene rings is 1. The van der Waals surface area contributed by atoms with Gasteiger partial charge in [-0.05, 0) is 18.2 Å². The lowest BCUT2D eigenvalue weighted by atomic mass is 10.2. The normalized spacial score (nSPS) is 10.4. The van der Waals surface area contributed by atoms with Crippen LogP contribution in [0.5, 0.6) is 5.75 Å². The van der Waals surface area contributed by atoms with Gasteiger partial charge in [-0.25, -0.2) is 4.98 Å². The standard InChI is InChI=1S/C11H10BrNO2S/c12-9-1-2-10(8(5-9)6-14)15-7-11-13-3-4-16-11/h1-5,14H,6-7H2. The van der Waals surface area contributed by atoms with Crippen molar-refractivity contribution in [2.24, 2.45) is 0 Å². The Bertz CT molecular complexity index is 459. The summed E-state index contributed by atoms with van der Waals surface area (Å²) in [6, 6.07) is 5.57. The molecule has 1 aromatic heterocycles. The minimum Gasteiger partial charge on any atom is -0.486 e. The molecule has 1 heterocycles. The van der Waals surface area contributed by atoms with Crippen molar-refractivity contribution < 1.29 is 9.84 Å². The van der Waals surface area contributed by atoms with E-state index in [1.54, 1.807) is 17.5 Å². The Morgan fingerprint density at radius 3 is 3.00 bits per heavy atom. The predicted octanol–water partition coefficient (Wildman–Crippen LogP) is 2.98. The van der Waals surface area contributed by atoms with Crippen molar-refractivity contribution in [1.29, 1.82) is 0 Å². The third-order valence-corrected chi connectivity index (χ3v) is 3.27. The molecule has 0 aliphatic carbocycles. The largest absolute Gasteiger partial charge is 0.486 e. The number of nitrogens with zero attached hydrogens (tertiary/aromatic N) is 1. The zero-order chi connectivity index (χ0) is 11.4. The van der Waals surface area contributed by atoms with Crippen LogP contribution in [-0.4, -0.2) is 10.1 Å². The Labute approximate surface area is 106 Å². The smallest absolute Gasteiger partial charge is 0.140 e. The van der Waals surface area contributed by atoms with Crippen LogP contribution in [0.3, 0.4) is 0 Å². The molecular weight excluding hydrogens is 290 g/mol. The van der Waals surface area contributed by atoms with E-state index < -0.39 is 0 Å². The molecule has 2 rings (SSSR count). The molecule has 0 unspecified atom stereocenters. The first-order chi connectivity index (χ1) is 7.79. The van der Waals surface area contributed by atoms with E-state index in [1.165, 1.54) is 0 Å². The second-order valence-electron chi connectivity index (χ2n) is 3.12. The lowest BCUT2D eigenvalue weighted by Gasteiger charge is -2.08. The molecule has 1 N–H and O–H groups in total. The minimum atomic E-state index is -0.0351. The van der Waals surface area contributed by atoms with E-state index in [4.69, 9.17) is 4.74 Å². The summed E-state index contributed by atoms with van der Waals surface area (Å²) in [6.45, 7) is 0.402. The topological polar surface area (TPSA) is 42.4 Å². The molecule has 0 aliphatic heterocycles. The molecule has 3 nitrogen and oxygen atoms in total. The fraction of sp³-hybridized carbons (Fsp3) is 0.182. The maximum absolute atomic E-state index is 9.19. The van der Waals surface area contributed by atoms with Crippen LogP contribution in [0, 0.1) is 0 Å². The number of thiazole rings is 1. The van der Waals surface area contributed by atoms with Gasteiger partial charge in [-0.2, -0.15) is 0 Å². The number of ether oxygens (including phenoxy) is 1. The van der Waals surface area contributed by atoms with Crippen LogP contribution in [0.4, 0.5) is 0 Å². The van der Waals surface area contributed by atoms with Crippen LogP contribution in [0.25, 0.3) is 0 Å². The third-order valence-electron chi connectivity index (χ3n) is 2.03. The van der Waals surface area contributed by atoms with Gasteiger partial charge in [0, 0.05) is 21.6 Å². The quantitative estimate of drug-likeness (QED) is 0.944. The number of aromatic nitrogens is 1. The van der Waals surface area contributed by atoms with Crippen LogP contribution >= 0.6 is 27.3 Å². The van der Waals surface area contributed by atoms with Gasteiger partial charge in [-0.3, -0.25) is 0 Å². The molecule has 0 aliphatic rings. The third kappa shape index (κ3) is 2.81. The highest BCUT2D eigenvalue weighted by atomic mass is 79.9. The lowest BCUT2D eigenvalue weighted by Crippen LogP contribution is -1.98. The summed E-state index contributed by atoms with van der Waals surface area (Å²) in [4.78, 5) is 4.13. The predicted molar refractivity (Wildman–Crippen MR) is 66.5 cm³/mol. The second kappa shape index (κ2) is 5.43. The van der Waals surface area contributed by atoms with Gasteiger partial charge in [0.05, 0.1) is 6.61 Å². The molecular formula is C11H10BrNO2S. The highest BCUT2D eigenvalue weighted by Crippen LogP contribution is 2.24. The first-order valence-corrected chi connectivity index (χ1v) is 6.37. The van der Waals surface area contributed by atoms with E-state index in [1.807, 2.05) is 23.6 Å². The van der Waals surface area contributed by atoms with Gasteiger partial charge in [-0.15, -0.1) is 11.3 Å². The number of aliphatic hydroxyl groups is 1. The van der Waals surface area contributed by atoms with Crippen LogP contribution in [0.15, 0.2) is 34.2 Å². The zero-order valence-electron chi connectivity index (χ0n) is 8.39. The van der Waals surface area contributed by atoms with E-state index >= 15 is 0 Å². The minimum absolute atomic E-state index is 0.0351. The highest BCUT2D eigenvalue weighted by molar-refractivity contribution is 9.10. The van der Waals surface area contributed by atoms with E-state index in [0.29, 0.717) is 12.4 Å². The van der Waals surface area contributed by atoms with Crippen LogP contribution in [0.1, 0.15) is 10.6 Å². The van der Waals surface area contributed by atoms with Gasteiger partial charge in [0.15, 0.2) is 0 Å². The van der Waals surface area contributed by atoms with Crippen molar-refractivity contribution >= 4 is 27.3 Å². The van der Waals surface area contributed by atoms with Crippen molar-refractivity contribution in [2.75, 3.05) is 0 Å². The molecule has 5 heteroatoms. The van der Waals surface area contributed by atoms with Crippen LogP contribution in [-0.2, 0) is 13.2 Å². The Morgan fingerprint density at radius 2 is 2.31 bits per heavy atom. The summed E-state index contributed by atoms with van der Waals surface area (Å²) in [5.41, 5.74) is 0.769. The molecule has 0 saturated carbocycles. The average molecular weight is 300 g/mol. The SMILES string of the molecule is OCc1cc(Br)ccc1OCc1nccs1. The molecule has 16 heavy (non-hydrogen) atoms. The number of hydrogen-bond donors (Lipinski definition) is 1. The van der Waals surface area contributed by atoms with Gasteiger partial charge in [0.1, 0.15) is 17.4 Å². The molecule has 0 amide bonds. The number of halogens is 1. The van der Waals surface area contributed by atoms with E-state index in [2.05, 4.69) is 20.9 Å². The molecule has 2 aromatic rings. The fourth-order valence-corrected chi connectivity index (χ4v) is 2.21. The summed E-state index contributed by atoms with van der Waals surface area (Å²) in [6.07, 6.45) is 1.75. The van der Waals surface area contributed by atoms with Gasteiger partial charge >= 0.3 is 0 Å². The van der Waals surface area contributed by atoms with Gasteiger partial charge in [-0.1, -0.05) is 15.9 Å². The van der Waals surface area contributed by atoms with E-state index in [-0.39, 0.29) is 6.61 Å². The number of rotatable bonds is 4. The fourth-order valence-electron chi connectivity index (χ4n) is 1.28. The Hall–Kier alpha value is -0.910. The van der Waals surface area contributed by atoms with Crippen molar-refractivity contribution in [2.45, 2.75) is 13.2 Å². The molecule has 0 spiro atoms.